The summed E-state index contributed by atoms with van der Waals surface area (Å²) in [7, 11) is 3.21. The lowest BCUT2D eigenvalue weighted by Gasteiger charge is -2.25. The van der Waals surface area contributed by atoms with E-state index in [2.05, 4.69) is 0 Å². The molecular weight excluding hydrogens is 474 g/mol. The molecule has 2 aromatic rings. The smallest absolute Gasteiger partial charge is 0.490 e. The van der Waals surface area contributed by atoms with E-state index in [1.807, 2.05) is 31.2 Å². The molecule has 3 N–H and O–H groups in total. The average Bonchev–Trinajstić information content (AvgIpc) is 3.25. The van der Waals surface area contributed by atoms with Crippen molar-refractivity contribution in [2.75, 3.05) is 20.2 Å². The van der Waals surface area contributed by atoms with Gasteiger partial charge in [0.05, 0.1) is 19.7 Å². The van der Waals surface area contributed by atoms with Crippen LogP contribution in [0.4, 0.5) is 17.6 Å². The minimum atomic E-state index is -5.08. The van der Waals surface area contributed by atoms with E-state index in [0.29, 0.717) is 18.7 Å². The zero-order valence-electron chi connectivity index (χ0n) is 19.4. The molecule has 3 atom stereocenters. The second-order valence-corrected chi connectivity index (χ2v) is 8.11. The molecule has 1 aliphatic rings. The van der Waals surface area contributed by atoms with Crippen LogP contribution in [0, 0.1) is 0 Å². The quantitative estimate of drug-likeness (QED) is 0.609. The summed E-state index contributed by atoms with van der Waals surface area (Å²) in [5.74, 6) is -2.67. The fraction of sp³-hybridized carbons (Fsp3) is 0.435. The molecule has 12 heteroatoms. The summed E-state index contributed by atoms with van der Waals surface area (Å²) < 4.78 is 51.9. The van der Waals surface area contributed by atoms with E-state index in [0.717, 1.165) is 16.7 Å². The molecule has 1 aliphatic heterocycles. The Morgan fingerprint density at radius 2 is 1.80 bits per heavy atom. The molecule has 0 radical (unpaired) electrons. The lowest BCUT2D eigenvalue weighted by atomic mass is 9.91. The fourth-order valence-corrected chi connectivity index (χ4v) is 3.51. The minimum absolute atomic E-state index is 0.130. The van der Waals surface area contributed by atoms with Crippen LogP contribution in [0.1, 0.15) is 24.8 Å². The van der Waals surface area contributed by atoms with Gasteiger partial charge in [-0.25, -0.2) is 9.18 Å². The van der Waals surface area contributed by atoms with Crippen LogP contribution in [0.25, 0.3) is 11.1 Å². The lowest BCUT2D eigenvalue weighted by Crippen LogP contribution is -2.45. The third-order valence-corrected chi connectivity index (χ3v) is 5.67. The molecule has 0 unspecified atom stereocenters. The topological polar surface area (TPSA) is 115 Å². The summed E-state index contributed by atoms with van der Waals surface area (Å²) in [4.78, 5) is 34.7. The number of rotatable bonds is 5. The highest BCUT2D eigenvalue weighted by Crippen LogP contribution is 2.30. The monoisotopic (exact) mass is 501 g/mol. The van der Waals surface area contributed by atoms with Gasteiger partial charge >= 0.3 is 12.1 Å². The molecule has 192 valence electrons. The molecule has 3 rings (SSSR count). The van der Waals surface area contributed by atoms with Gasteiger partial charge in [0, 0.05) is 37.3 Å². The molecule has 1 aromatic heterocycles. The van der Waals surface area contributed by atoms with Crippen molar-refractivity contribution in [2.24, 2.45) is 12.8 Å². The van der Waals surface area contributed by atoms with Gasteiger partial charge in [-0.1, -0.05) is 31.2 Å². The van der Waals surface area contributed by atoms with Crippen LogP contribution in [0.2, 0.25) is 0 Å². The molecule has 0 spiro atoms. The van der Waals surface area contributed by atoms with Crippen LogP contribution in [0.3, 0.4) is 0 Å². The Morgan fingerprint density at radius 3 is 2.26 bits per heavy atom. The standard InChI is InChI=1S/C21H26FN3O3.C2HF3O2/c1-13(20(23)21(27)25-9-8-16(22)11-25)14-4-6-15(7-5-14)17-12-24(2)19(26)10-18(17)28-3;3-2(4,5)1(6)7/h4-7,10,12-13,16,20H,8-9,11,23H2,1-3H3;(H,6,7)/t13-,16-,20-;/m0./s1. The summed E-state index contributed by atoms with van der Waals surface area (Å²) in [5, 5.41) is 7.12. The molecule has 0 aliphatic carbocycles. The molecule has 35 heavy (non-hydrogen) atoms. The highest BCUT2D eigenvalue weighted by atomic mass is 19.4. The third kappa shape index (κ3) is 7.04. The number of ether oxygens (including phenoxy) is 1. The first-order chi connectivity index (χ1) is 16.3. The SMILES string of the molecule is COc1cc(=O)n(C)cc1-c1ccc([C@H](C)[C@H](N)C(=O)N2CC[C@H](F)C2)cc1.O=C(O)C(F)(F)F. The summed E-state index contributed by atoms with van der Waals surface area (Å²) in [5.41, 5.74) is 8.65. The van der Waals surface area contributed by atoms with Gasteiger partial charge in [-0.3, -0.25) is 9.59 Å². The Hall–Kier alpha value is -3.41. The maximum absolute atomic E-state index is 13.4. The Morgan fingerprint density at radius 1 is 1.23 bits per heavy atom. The second-order valence-electron chi connectivity index (χ2n) is 8.11. The molecule has 1 aromatic carbocycles. The Balaban J connectivity index is 0.000000540. The number of aliphatic carboxylic acids is 1. The summed E-state index contributed by atoms with van der Waals surface area (Å²) in [6.07, 6.45) is -3.93. The first-order valence-electron chi connectivity index (χ1n) is 10.6. The molecule has 0 bridgehead atoms. The number of pyridine rings is 1. The maximum Gasteiger partial charge on any atom is 0.490 e. The van der Waals surface area contributed by atoms with Crippen molar-refractivity contribution in [3.8, 4) is 16.9 Å². The van der Waals surface area contributed by atoms with E-state index < -0.39 is 24.4 Å². The van der Waals surface area contributed by atoms with E-state index >= 15 is 0 Å². The van der Waals surface area contributed by atoms with Gasteiger partial charge in [-0.05, 0) is 17.5 Å². The third-order valence-electron chi connectivity index (χ3n) is 5.67. The van der Waals surface area contributed by atoms with Crippen molar-refractivity contribution in [3.63, 3.8) is 0 Å². The summed E-state index contributed by atoms with van der Waals surface area (Å²) in [6.45, 7) is 2.45. The van der Waals surface area contributed by atoms with Crippen LogP contribution in [-0.2, 0) is 16.6 Å². The molecule has 0 saturated carbocycles. The maximum atomic E-state index is 13.4. The van der Waals surface area contributed by atoms with E-state index in [1.165, 1.54) is 22.6 Å². The van der Waals surface area contributed by atoms with Gasteiger partial charge in [0.2, 0.25) is 5.91 Å². The number of carbonyl (C=O) groups is 2. The molecular formula is C23H27F4N3O5. The van der Waals surface area contributed by atoms with Crippen molar-refractivity contribution in [2.45, 2.75) is 37.7 Å². The van der Waals surface area contributed by atoms with Crippen molar-refractivity contribution in [1.82, 2.24) is 9.47 Å². The number of halogens is 4. The first kappa shape index (κ1) is 27.8. The van der Waals surface area contributed by atoms with Gasteiger partial charge in [0.15, 0.2) is 0 Å². The molecule has 1 amide bonds. The molecule has 1 fully saturated rings. The van der Waals surface area contributed by atoms with E-state index in [4.69, 9.17) is 20.4 Å². The number of benzene rings is 1. The van der Waals surface area contributed by atoms with E-state index in [9.17, 15) is 27.2 Å². The predicted octanol–water partition coefficient (Wildman–Crippen LogP) is 2.70. The Bertz CT molecular complexity index is 1100. The van der Waals surface area contributed by atoms with E-state index in [1.54, 1.807) is 13.2 Å². The van der Waals surface area contributed by atoms with Gasteiger partial charge in [-0.2, -0.15) is 13.2 Å². The van der Waals surface area contributed by atoms with Crippen LogP contribution in [0.5, 0.6) is 5.75 Å². The number of likely N-dealkylation sites (tertiary alicyclic amines) is 1. The zero-order valence-corrected chi connectivity index (χ0v) is 19.4. The first-order valence-corrected chi connectivity index (χ1v) is 10.6. The van der Waals surface area contributed by atoms with Crippen molar-refractivity contribution in [1.29, 1.82) is 0 Å². The van der Waals surface area contributed by atoms with Crippen LogP contribution < -0.4 is 16.0 Å². The number of aryl methyl sites for hydroxylation is 1. The van der Waals surface area contributed by atoms with Crippen LogP contribution in [-0.4, -0.2) is 65.0 Å². The highest BCUT2D eigenvalue weighted by molar-refractivity contribution is 5.83. The normalized spacial score (nSPS) is 17.3. The van der Waals surface area contributed by atoms with Gasteiger partial charge in [0.1, 0.15) is 11.9 Å². The Labute approximate surface area is 198 Å². The van der Waals surface area contributed by atoms with Crippen LogP contribution in [0.15, 0.2) is 41.3 Å². The number of amides is 1. The number of nitrogens with two attached hydrogens (primary N) is 1. The number of hydrogen-bond donors (Lipinski definition) is 2. The molecule has 2 heterocycles. The number of alkyl halides is 4. The summed E-state index contributed by atoms with van der Waals surface area (Å²) >= 11 is 0. The minimum Gasteiger partial charge on any atom is -0.496 e. The second kappa shape index (κ2) is 11.3. The number of hydrogen-bond acceptors (Lipinski definition) is 5. The zero-order chi connectivity index (χ0) is 26.5. The highest BCUT2D eigenvalue weighted by Gasteiger charge is 2.38. The van der Waals surface area contributed by atoms with E-state index in [-0.39, 0.29) is 23.9 Å². The lowest BCUT2D eigenvalue weighted by molar-refractivity contribution is -0.192. The predicted molar refractivity (Wildman–Crippen MR) is 120 cm³/mol. The molecule has 1 saturated heterocycles. The number of aromatic nitrogens is 1. The average molecular weight is 501 g/mol. The van der Waals surface area contributed by atoms with Crippen LogP contribution >= 0.6 is 0 Å². The Kier molecular flexibility index (Phi) is 9.02. The number of methoxy groups -OCH3 is 1. The number of carboxylic acids is 1. The molecule has 8 nitrogen and oxygen atoms in total. The largest absolute Gasteiger partial charge is 0.496 e. The van der Waals surface area contributed by atoms with Crippen molar-refractivity contribution >= 4 is 11.9 Å². The number of nitrogens with zero attached hydrogens (tertiary/aromatic N) is 2. The van der Waals surface area contributed by atoms with Gasteiger partial charge < -0.3 is 25.0 Å². The number of carbonyl (C=O) groups excluding carboxylic acids is 1. The van der Waals surface area contributed by atoms with Crippen molar-refractivity contribution < 1.29 is 37.0 Å². The fourth-order valence-electron chi connectivity index (χ4n) is 3.51. The van der Waals surface area contributed by atoms with Gasteiger partial charge in [0.25, 0.3) is 5.56 Å². The number of carboxylic acid groups (broad SMARTS) is 1. The van der Waals surface area contributed by atoms with Gasteiger partial charge in [-0.15, -0.1) is 0 Å². The van der Waals surface area contributed by atoms with Crippen molar-refractivity contribution in [3.05, 3.63) is 52.4 Å². The summed E-state index contributed by atoms with van der Waals surface area (Å²) in [6, 6.07) is 8.40.